The number of halogens is 1. The maximum atomic E-state index is 11.7. The Bertz CT molecular complexity index is 502. The van der Waals surface area contributed by atoms with Gasteiger partial charge in [-0.1, -0.05) is 17.7 Å². The van der Waals surface area contributed by atoms with Crippen LogP contribution in [0, 0.1) is 5.92 Å². The van der Waals surface area contributed by atoms with Gasteiger partial charge in [-0.05, 0) is 18.2 Å². The third-order valence-electron chi connectivity index (χ3n) is 2.44. The van der Waals surface area contributed by atoms with Gasteiger partial charge < -0.3 is 5.32 Å². The smallest absolute Gasteiger partial charge is 0.251 e. The fraction of sp³-hybridized carbons (Fsp3) is 0.182. The van der Waals surface area contributed by atoms with Gasteiger partial charge in [-0.2, -0.15) is 0 Å². The second kappa shape index (κ2) is 5.05. The molecule has 1 aliphatic heterocycles. The summed E-state index contributed by atoms with van der Waals surface area (Å²) in [5.74, 6) is -2.40. The minimum absolute atomic E-state index is 0.204. The number of nitrogens with one attached hydrogen (secondary N) is 3. The van der Waals surface area contributed by atoms with Crippen molar-refractivity contribution < 1.29 is 14.4 Å². The summed E-state index contributed by atoms with van der Waals surface area (Å²) in [4.78, 5) is 34.1. The Morgan fingerprint density at radius 3 is 2.56 bits per heavy atom. The lowest BCUT2D eigenvalue weighted by Crippen LogP contribution is -2.28. The summed E-state index contributed by atoms with van der Waals surface area (Å²) >= 11 is 5.77. The Labute approximate surface area is 108 Å². The van der Waals surface area contributed by atoms with Crippen LogP contribution in [0.15, 0.2) is 24.3 Å². The Kier molecular flexibility index (Phi) is 3.47. The highest BCUT2D eigenvalue weighted by Crippen LogP contribution is 2.16. The van der Waals surface area contributed by atoms with Crippen molar-refractivity contribution in [1.29, 1.82) is 0 Å². The van der Waals surface area contributed by atoms with Crippen LogP contribution in [0.4, 0.5) is 5.69 Å². The van der Waals surface area contributed by atoms with E-state index in [2.05, 4.69) is 16.2 Å². The molecule has 0 spiro atoms. The van der Waals surface area contributed by atoms with E-state index >= 15 is 0 Å². The van der Waals surface area contributed by atoms with Gasteiger partial charge in [-0.3, -0.25) is 25.2 Å². The Morgan fingerprint density at radius 1 is 1.28 bits per heavy atom. The molecule has 6 nitrogen and oxygen atoms in total. The first-order valence-electron chi connectivity index (χ1n) is 5.21. The molecule has 1 aromatic carbocycles. The summed E-state index contributed by atoms with van der Waals surface area (Å²) in [7, 11) is 0. The third kappa shape index (κ3) is 2.78. The van der Waals surface area contributed by atoms with Crippen LogP contribution in [0.25, 0.3) is 0 Å². The molecule has 2 rings (SSSR count). The maximum Gasteiger partial charge on any atom is 0.251 e. The second-order valence-electron chi connectivity index (χ2n) is 3.79. The van der Waals surface area contributed by atoms with Crippen LogP contribution < -0.4 is 16.2 Å². The Hall–Kier alpha value is -2.08. The number of hydrogen-bond donors (Lipinski definition) is 3. The summed E-state index contributed by atoms with van der Waals surface area (Å²) in [6, 6.07) is 6.61. The van der Waals surface area contributed by atoms with Crippen molar-refractivity contribution in [3.8, 4) is 0 Å². The maximum absolute atomic E-state index is 11.7. The van der Waals surface area contributed by atoms with Crippen LogP contribution in [0.3, 0.4) is 0 Å². The molecule has 0 saturated carbocycles. The number of hydrogen-bond acceptors (Lipinski definition) is 3. The average Bonchev–Trinajstić information content (AvgIpc) is 2.61. The van der Waals surface area contributed by atoms with Gasteiger partial charge in [0, 0.05) is 17.1 Å². The molecule has 3 N–H and O–H groups in total. The molecule has 0 aliphatic carbocycles. The predicted molar refractivity (Wildman–Crippen MR) is 64.5 cm³/mol. The number of rotatable bonds is 3. The fourth-order valence-electron chi connectivity index (χ4n) is 1.57. The largest absolute Gasteiger partial charge is 0.326 e. The van der Waals surface area contributed by atoms with Gasteiger partial charge in [0.05, 0.1) is 0 Å². The van der Waals surface area contributed by atoms with E-state index in [0.29, 0.717) is 10.7 Å². The monoisotopic (exact) mass is 267 g/mol. The van der Waals surface area contributed by atoms with Crippen molar-refractivity contribution in [3.63, 3.8) is 0 Å². The number of anilines is 1. The predicted octanol–water partition coefficient (Wildman–Crippen LogP) is 0.446. The first kappa shape index (κ1) is 12.4. The molecular formula is C11H10ClN3O3. The minimum Gasteiger partial charge on any atom is -0.326 e. The number of carbonyl (C=O) groups is 3. The lowest BCUT2D eigenvalue weighted by atomic mass is 10.1. The average molecular weight is 268 g/mol. The molecular weight excluding hydrogens is 258 g/mol. The lowest BCUT2D eigenvalue weighted by Gasteiger charge is -2.06. The highest BCUT2D eigenvalue weighted by Gasteiger charge is 2.34. The van der Waals surface area contributed by atoms with E-state index in [0.717, 1.165) is 0 Å². The fourth-order valence-corrected chi connectivity index (χ4v) is 1.76. The van der Waals surface area contributed by atoms with Crippen molar-refractivity contribution in [2.24, 2.45) is 5.92 Å². The van der Waals surface area contributed by atoms with Crippen LogP contribution in [0.1, 0.15) is 6.42 Å². The van der Waals surface area contributed by atoms with E-state index in [1.165, 1.54) is 0 Å². The van der Waals surface area contributed by atoms with Gasteiger partial charge in [0.25, 0.3) is 11.8 Å². The number of hydrazine groups is 1. The quantitative estimate of drug-likeness (QED) is 0.695. The second-order valence-corrected chi connectivity index (χ2v) is 4.23. The van der Waals surface area contributed by atoms with E-state index in [4.69, 9.17) is 11.6 Å². The molecule has 0 bridgehead atoms. The van der Waals surface area contributed by atoms with Crippen LogP contribution in [0.5, 0.6) is 0 Å². The normalized spacial score (nSPS) is 15.2. The molecule has 0 atom stereocenters. The van der Waals surface area contributed by atoms with Gasteiger partial charge in [0.15, 0.2) is 0 Å². The molecule has 0 unspecified atom stereocenters. The topological polar surface area (TPSA) is 87.3 Å². The SMILES string of the molecule is O=C(CC1C(=O)NNC1=O)Nc1cccc(Cl)c1. The van der Waals surface area contributed by atoms with Crippen LogP contribution in [-0.4, -0.2) is 17.7 Å². The van der Waals surface area contributed by atoms with Crippen molar-refractivity contribution >= 4 is 35.0 Å². The molecule has 1 heterocycles. The van der Waals surface area contributed by atoms with Crippen LogP contribution >= 0.6 is 11.6 Å². The first-order valence-corrected chi connectivity index (χ1v) is 5.59. The van der Waals surface area contributed by atoms with Crippen molar-refractivity contribution in [2.45, 2.75) is 6.42 Å². The van der Waals surface area contributed by atoms with Crippen LogP contribution in [0.2, 0.25) is 5.02 Å². The Morgan fingerprint density at radius 2 is 1.94 bits per heavy atom. The van der Waals surface area contributed by atoms with Gasteiger partial charge >= 0.3 is 0 Å². The molecule has 1 fully saturated rings. The number of amides is 3. The van der Waals surface area contributed by atoms with E-state index in [1.807, 2.05) is 0 Å². The van der Waals surface area contributed by atoms with Crippen LogP contribution in [-0.2, 0) is 14.4 Å². The Balaban J connectivity index is 1.97. The van der Waals surface area contributed by atoms with E-state index in [1.54, 1.807) is 24.3 Å². The van der Waals surface area contributed by atoms with Gasteiger partial charge in [-0.25, -0.2) is 0 Å². The van der Waals surface area contributed by atoms with Crippen molar-refractivity contribution in [1.82, 2.24) is 10.9 Å². The molecule has 94 valence electrons. The molecule has 7 heteroatoms. The zero-order chi connectivity index (χ0) is 13.1. The highest BCUT2D eigenvalue weighted by atomic mass is 35.5. The summed E-state index contributed by atoms with van der Waals surface area (Å²) < 4.78 is 0. The van der Waals surface area contributed by atoms with Crippen molar-refractivity contribution in [3.05, 3.63) is 29.3 Å². The minimum atomic E-state index is -0.982. The van der Waals surface area contributed by atoms with E-state index in [9.17, 15) is 14.4 Å². The molecule has 18 heavy (non-hydrogen) atoms. The molecule has 1 saturated heterocycles. The first-order chi connectivity index (χ1) is 8.56. The highest BCUT2D eigenvalue weighted by molar-refractivity contribution is 6.30. The zero-order valence-electron chi connectivity index (χ0n) is 9.20. The molecule has 0 aromatic heterocycles. The van der Waals surface area contributed by atoms with Gasteiger partial charge in [0.1, 0.15) is 5.92 Å². The summed E-state index contributed by atoms with van der Waals surface area (Å²) in [5.41, 5.74) is 4.84. The summed E-state index contributed by atoms with van der Waals surface area (Å²) in [6.07, 6.45) is -0.204. The molecule has 1 aromatic rings. The van der Waals surface area contributed by atoms with Crippen molar-refractivity contribution in [2.75, 3.05) is 5.32 Å². The van der Waals surface area contributed by atoms with Gasteiger partial charge in [-0.15, -0.1) is 0 Å². The standard InChI is InChI=1S/C11H10ClN3O3/c12-6-2-1-3-7(4-6)13-9(16)5-8-10(17)14-15-11(8)18/h1-4,8H,5H2,(H,13,16)(H,14,17)(H,15,18). The van der Waals surface area contributed by atoms with E-state index in [-0.39, 0.29) is 6.42 Å². The van der Waals surface area contributed by atoms with Gasteiger partial charge in [0.2, 0.25) is 5.91 Å². The number of carbonyl (C=O) groups excluding carboxylic acids is 3. The zero-order valence-corrected chi connectivity index (χ0v) is 9.95. The summed E-state index contributed by atoms with van der Waals surface area (Å²) in [5, 5.41) is 3.06. The molecule has 0 radical (unpaired) electrons. The lowest BCUT2D eigenvalue weighted by molar-refractivity contribution is -0.131. The third-order valence-corrected chi connectivity index (χ3v) is 2.67. The number of benzene rings is 1. The molecule has 3 amide bonds. The van der Waals surface area contributed by atoms with E-state index < -0.39 is 23.6 Å². The summed E-state index contributed by atoms with van der Waals surface area (Å²) in [6.45, 7) is 0. The molecule has 1 aliphatic rings.